The number of hydrogen-bond acceptors (Lipinski definition) is 8. The summed E-state index contributed by atoms with van der Waals surface area (Å²) in [4.78, 5) is 35.2. The van der Waals surface area contributed by atoms with Gasteiger partial charge < -0.3 is 19.5 Å². The molecule has 26 heavy (non-hydrogen) atoms. The van der Waals surface area contributed by atoms with Gasteiger partial charge in [0.15, 0.2) is 12.2 Å². The Morgan fingerprint density at radius 1 is 1.08 bits per heavy atom. The van der Waals surface area contributed by atoms with Gasteiger partial charge in [0.05, 0.1) is 11.9 Å². The fourth-order valence-electron chi connectivity index (χ4n) is 2.64. The van der Waals surface area contributed by atoms with E-state index in [9.17, 15) is 22.8 Å². The highest BCUT2D eigenvalue weighted by Crippen LogP contribution is 2.30. The minimum atomic E-state index is -4.12. The van der Waals surface area contributed by atoms with E-state index in [1.54, 1.807) is 13.8 Å². The molecule has 0 aromatic carbocycles. The molecule has 1 saturated heterocycles. The first kappa shape index (κ1) is 22.3. The Balaban J connectivity index is 2.87. The highest BCUT2D eigenvalue weighted by Gasteiger charge is 2.49. The van der Waals surface area contributed by atoms with Crippen molar-refractivity contribution in [2.45, 2.75) is 58.5 Å². The summed E-state index contributed by atoms with van der Waals surface area (Å²) in [5.41, 5.74) is 0. The monoisotopic (exact) mass is 395 g/mol. The molecule has 0 bridgehead atoms. The number of esters is 2. The molecule has 0 aromatic rings. The van der Waals surface area contributed by atoms with Crippen LogP contribution in [0.3, 0.4) is 0 Å². The Hall–Kier alpha value is -1.72. The van der Waals surface area contributed by atoms with Crippen molar-refractivity contribution in [3.63, 3.8) is 0 Å². The molecule has 1 aliphatic heterocycles. The summed E-state index contributed by atoms with van der Waals surface area (Å²) in [5.74, 6) is -2.72. The summed E-state index contributed by atoms with van der Waals surface area (Å²) in [7, 11) is -4.12. The predicted octanol–water partition coefficient (Wildman–Crippen LogP) is -0.333. The maximum Gasteiger partial charge on any atom is 0.303 e. The third kappa shape index (κ3) is 6.89. The summed E-state index contributed by atoms with van der Waals surface area (Å²) in [6.45, 7) is 5.78. The first-order valence-corrected chi connectivity index (χ1v) is 9.76. The largest absolute Gasteiger partial charge is 0.458 e. The number of amides is 1. The molecule has 11 heteroatoms. The van der Waals surface area contributed by atoms with E-state index < -0.39 is 58.1 Å². The van der Waals surface area contributed by atoms with Crippen LogP contribution in [0.1, 0.15) is 34.1 Å². The first-order valence-electron chi connectivity index (χ1n) is 8.15. The zero-order valence-corrected chi connectivity index (χ0v) is 15.9. The molecule has 1 amide bonds. The molecule has 0 aromatic heterocycles. The Morgan fingerprint density at radius 3 is 2.12 bits per heavy atom. The van der Waals surface area contributed by atoms with Crippen molar-refractivity contribution in [2.24, 2.45) is 5.92 Å². The van der Waals surface area contributed by atoms with Gasteiger partial charge in [-0.05, 0) is 13.3 Å². The molecule has 1 aliphatic rings. The highest BCUT2D eigenvalue weighted by molar-refractivity contribution is 7.85. The quantitative estimate of drug-likeness (QED) is 0.336. The zero-order valence-electron chi connectivity index (χ0n) is 15.1. The molecule has 0 radical (unpaired) electrons. The lowest BCUT2D eigenvalue weighted by atomic mass is 9.88. The van der Waals surface area contributed by atoms with Crippen molar-refractivity contribution in [2.75, 3.05) is 12.3 Å². The van der Waals surface area contributed by atoms with E-state index in [1.807, 2.05) is 0 Å². The fraction of sp³-hybridized carbons (Fsp3) is 0.800. The second-order valence-electron chi connectivity index (χ2n) is 6.20. The van der Waals surface area contributed by atoms with Gasteiger partial charge in [-0.3, -0.25) is 18.9 Å². The predicted molar refractivity (Wildman–Crippen MR) is 88.6 cm³/mol. The third-order valence-electron chi connectivity index (χ3n) is 3.98. The molecular weight excluding hydrogens is 370 g/mol. The number of carbonyl (C=O) groups is 3. The van der Waals surface area contributed by atoms with Gasteiger partial charge >= 0.3 is 11.9 Å². The summed E-state index contributed by atoms with van der Waals surface area (Å²) in [5, 5.41) is 2.47. The number of nitrogens with one attached hydrogen (secondary N) is 1. The summed E-state index contributed by atoms with van der Waals surface area (Å²) < 4.78 is 46.1. The molecule has 1 heterocycles. The topological polar surface area (TPSA) is 145 Å². The lowest BCUT2D eigenvalue weighted by molar-refractivity contribution is -0.219. The molecule has 150 valence electrons. The van der Waals surface area contributed by atoms with Crippen molar-refractivity contribution in [3.05, 3.63) is 0 Å². The van der Waals surface area contributed by atoms with Gasteiger partial charge in [0.25, 0.3) is 16.0 Å². The van der Waals surface area contributed by atoms with E-state index in [0.29, 0.717) is 0 Å². The van der Waals surface area contributed by atoms with E-state index in [-0.39, 0.29) is 18.9 Å². The first-order chi connectivity index (χ1) is 11.9. The number of carbonyl (C=O) groups excluding carboxylic acids is 3. The van der Waals surface area contributed by atoms with E-state index in [0.717, 1.165) is 6.92 Å². The Kier molecular flexibility index (Phi) is 7.97. The average Bonchev–Trinajstić information content (AvgIpc) is 2.49. The fourth-order valence-corrected chi connectivity index (χ4v) is 3.14. The third-order valence-corrected chi connectivity index (χ3v) is 4.79. The number of rotatable bonds is 7. The Morgan fingerprint density at radius 2 is 1.62 bits per heavy atom. The highest BCUT2D eigenvalue weighted by atomic mass is 32.2. The van der Waals surface area contributed by atoms with Crippen molar-refractivity contribution in [3.8, 4) is 0 Å². The average molecular weight is 395 g/mol. The second-order valence-corrected chi connectivity index (χ2v) is 7.77. The molecule has 10 nitrogen and oxygen atoms in total. The van der Waals surface area contributed by atoms with Gasteiger partial charge in [0, 0.05) is 26.3 Å². The molecule has 0 saturated carbocycles. The van der Waals surface area contributed by atoms with Gasteiger partial charge in [-0.15, -0.1) is 0 Å². The SMILES string of the molecule is CC(=O)O[C@@H]1[C@@H](C)[C@H](C)O[C@H](C(=O)NCCCS(=O)(=O)O)[C@H]1OC(C)=O. The van der Waals surface area contributed by atoms with Crippen molar-refractivity contribution >= 4 is 28.0 Å². The molecular formula is C15H25NO9S. The Labute approximate surface area is 152 Å². The maximum atomic E-state index is 12.4. The van der Waals surface area contributed by atoms with E-state index in [4.69, 9.17) is 18.8 Å². The minimum absolute atomic E-state index is 0.00510. The molecule has 2 N–H and O–H groups in total. The van der Waals surface area contributed by atoms with Crippen LogP contribution in [0.4, 0.5) is 0 Å². The van der Waals surface area contributed by atoms with Crippen molar-refractivity contribution < 1.29 is 41.6 Å². The van der Waals surface area contributed by atoms with E-state index in [2.05, 4.69) is 5.32 Å². The molecule has 0 aliphatic carbocycles. The van der Waals surface area contributed by atoms with Crippen LogP contribution in [0.15, 0.2) is 0 Å². The molecule has 0 unspecified atom stereocenters. The maximum absolute atomic E-state index is 12.4. The van der Waals surface area contributed by atoms with Crippen LogP contribution in [0.2, 0.25) is 0 Å². The van der Waals surface area contributed by atoms with Crippen LogP contribution in [0.5, 0.6) is 0 Å². The smallest absolute Gasteiger partial charge is 0.303 e. The van der Waals surface area contributed by atoms with Gasteiger partial charge in [-0.25, -0.2) is 0 Å². The number of hydrogen-bond donors (Lipinski definition) is 2. The molecule has 1 rings (SSSR count). The van der Waals surface area contributed by atoms with E-state index in [1.165, 1.54) is 6.92 Å². The normalized spacial score (nSPS) is 28.9. The van der Waals surface area contributed by atoms with Crippen LogP contribution >= 0.6 is 0 Å². The van der Waals surface area contributed by atoms with Crippen LogP contribution in [-0.4, -0.2) is 67.5 Å². The van der Waals surface area contributed by atoms with Crippen LogP contribution < -0.4 is 5.32 Å². The summed E-state index contributed by atoms with van der Waals surface area (Å²) >= 11 is 0. The zero-order chi connectivity index (χ0) is 20.1. The van der Waals surface area contributed by atoms with Crippen LogP contribution in [0.25, 0.3) is 0 Å². The Bertz CT molecular complexity index is 633. The number of ether oxygens (including phenoxy) is 3. The summed E-state index contributed by atoms with van der Waals surface area (Å²) in [6.07, 6.45) is -3.69. The van der Waals surface area contributed by atoms with E-state index >= 15 is 0 Å². The van der Waals surface area contributed by atoms with Gasteiger partial charge in [-0.1, -0.05) is 6.92 Å². The van der Waals surface area contributed by atoms with Gasteiger partial charge in [0.2, 0.25) is 0 Å². The van der Waals surface area contributed by atoms with Gasteiger partial charge in [0.1, 0.15) is 6.10 Å². The molecule has 1 fully saturated rings. The molecule has 5 atom stereocenters. The minimum Gasteiger partial charge on any atom is -0.458 e. The second kappa shape index (κ2) is 9.28. The van der Waals surface area contributed by atoms with Crippen LogP contribution in [0, 0.1) is 5.92 Å². The summed E-state index contributed by atoms with van der Waals surface area (Å²) in [6, 6.07) is 0. The van der Waals surface area contributed by atoms with Gasteiger partial charge in [-0.2, -0.15) is 8.42 Å². The van der Waals surface area contributed by atoms with Crippen LogP contribution in [-0.2, 0) is 38.7 Å². The molecule has 0 spiro atoms. The lowest BCUT2D eigenvalue weighted by Gasteiger charge is -2.42. The lowest BCUT2D eigenvalue weighted by Crippen LogP contribution is -2.60. The van der Waals surface area contributed by atoms with Crippen molar-refractivity contribution in [1.29, 1.82) is 0 Å². The van der Waals surface area contributed by atoms with Crippen molar-refractivity contribution in [1.82, 2.24) is 5.32 Å². The standard InChI is InChI=1S/C15H25NO9S/c1-8-9(2)23-14(15(19)16-6-5-7-26(20,21)22)13(25-11(4)18)12(8)24-10(3)17/h8-9,12-14H,5-7H2,1-4H3,(H,16,19)(H,20,21,22)/t8-,9-,12+,13-,14-/m0/s1.